The molecule has 0 radical (unpaired) electrons. The highest BCUT2D eigenvalue weighted by atomic mass is 79.9. The van der Waals surface area contributed by atoms with Gasteiger partial charge in [-0.1, -0.05) is 12.1 Å². The molecule has 1 aliphatic heterocycles. The van der Waals surface area contributed by atoms with Crippen molar-refractivity contribution in [2.75, 3.05) is 5.32 Å². The number of nitrogens with one attached hydrogen (secondary N) is 1. The molecule has 1 unspecified atom stereocenters. The van der Waals surface area contributed by atoms with Crippen LogP contribution in [0.4, 0.5) is 5.82 Å². The van der Waals surface area contributed by atoms with Crippen molar-refractivity contribution >= 4 is 50.4 Å². The lowest BCUT2D eigenvalue weighted by molar-refractivity contribution is -0.138. The van der Waals surface area contributed by atoms with Crippen LogP contribution in [-0.4, -0.2) is 59.4 Å². The Morgan fingerprint density at radius 3 is 2.65 bits per heavy atom. The second-order valence-corrected chi connectivity index (χ2v) is 9.99. The van der Waals surface area contributed by atoms with Gasteiger partial charge in [0.15, 0.2) is 5.69 Å². The highest BCUT2D eigenvalue weighted by Gasteiger charge is 2.56. The van der Waals surface area contributed by atoms with Crippen LogP contribution in [0, 0.1) is 5.92 Å². The molecule has 1 aromatic carbocycles. The van der Waals surface area contributed by atoms with Crippen molar-refractivity contribution in [1.82, 2.24) is 29.6 Å². The number of amides is 3. The molecule has 3 atom stereocenters. The SMILES string of the molecule is NC(=O)c1nn(CC(=O)N2C3C[C@@H]3C[C@H]2C(=O)Nc2cccc(Br)n2)c2ccc(-c3cncnc3)cc12. The molecule has 11 nitrogen and oxygen atoms in total. The minimum atomic E-state index is -0.695. The van der Waals surface area contributed by atoms with E-state index in [-0.39, 0.29) is 30.1 Å². The summed E-state index contributed by atoms with van der Waals surface area (Å²) >= 11 is 3.30. The van der Waals surface area contributed by atoms with Crippen molar-refractivity contribution in [3.63, 3.8) is 0 Å². The number of primary amides is 1. The molecule has 2 fully saturated rings. The summed E-state index contributed by atoms with van der Waals surface area (Å²) in [5.41, 5.74) is 7.84. The van der Waals surface area contributed by atoms with Gasteiger partial charge in [-0.15, -0.1) is 0 Å². The summed E-state index contributed by atoms with van der Waals surface area (Å²) in [4.78, 5) is 52.8. The first-order valence-corrected chi connectivity index (χ1v) is 12.5. The molecular formula is C25H21BrN8O3. The molecule has 1 saturated carbocycles. The van der Waals surface area contributed by atoms with Gasteiger partial charge in [0.2, 0.25) is 11.8 Å². The van der Waals surface area contributed by atoms with E-state index in [1.54, 1.807) is 47.6 Å². The predicted octanol–water partition coefficient (Wildman–Crippen LogP) is 2.38. The van der Waals surface area contributed by atoms with Crippen molar-refractivity contribution in [2.45, 2.75) is 31.5 Å². The number of aromatic nitrogens is 5. The Hall–Kier alpha value is -4.19. The van der Waals surface area contributed by atoms with E-state index in [1.807, 2.05) is 6.07 Å². The number of carbonyl (C=O) groups excluding carboxylic acids is 3. The summed E-state index contributed by atoms with van der Waals surface area (Å²) in [6.45, 7) is -0.125. The fraction of sp³-hybridized carbons (Fsp3) is 0.240. The zero-order chi connectivity index (χ0) is 25.7. The topological polar surface area (TPSA) is 149 Å². The van der Waals surface area contributed by atoms with E-state index in [0.29, 0.717) is 33.7 Å². The zero-order valence-electron chi connectivity index (χ0n) is 19.4. The lowest BCUT2D eigenvalue weighted by Crippen LogP contribution is -2.46. The number of carbonyl (C=O) groups is 3. The average Bonchev–Trinajstić information content (AvgIpc) is 3.39. The minimum Gasteiger partial charge on any atom is -0.364 e. The molecule has 3 aromatic heterocycles. The normalized spacial score (nSPS) is 20.0. The Kier molecular flexibility index (Phi) is 5.67. The maximum absolute atomic E-state index is 13.5. The van der Waals surface area contributed by atoms with Crippen LogP contribution in [0.3, 0.4) is 0 Å². The van der Waals surface area contributed by atoms with Crippen LogP contribution < -0.4 is 11.1 Å². The standard InChI is InChI=1S/C25H21BrN8O3/c26-20-2-1-3-21(30-20)31-25(37)19-8-14-7-18(14)34(19)22(35)11-33-17-5-4-13(15-9-28-12-29-10-15)6-16(17)23(32-33)24(27)36/h1-6,9-10,12,14,18-19H,7-8,11H2,(H2,27,36)(H,30,31,37)/t14-,18?,19+/m1/s1. The first kappa shape index (κ1) is 23.2. The molecular weight excluding hydrogens is 540 g/mol. The Labute approximate surface area is 219 Å². The molecule has 2 aliphatic rings. The highest BCUT2D eigenvalue weighted by Crippen LogP contribution is 2.48. The van der Waals surface area contributed by atoms with Crippen molar-refractivity contribution in [1.29, 1.82) is 0 Å². The summed E-state index contributed by atoms with van der Waals surface area (Å²) < 4.78 is 2.08. The van der Waals surface area contributed by atoms with Gasteiger partial charge < -0.3 is 16.0 Å². The fourth-order valence-electron chi connectivity index (χ4n) is 5.06. The number of fused-ring (bicyclic) bond motifs is 2. The highest BCUT2D eigenvalue weighted by molar-refractivity contribution is 9.10. The number of pyridine rings is 1. The molecule has 4 aromatic rings. The molecule has 186 valence electrons. The van der Waals surface area contributed by atoms with Gasteiger partial charge in [0.05, 0.1) is 5.52 Å². The number of hydrogen-bond acceptors (Lipinski definition) is 7. The number of halogens is 1. The Morgan fingerprint density at radius 1 is 1.08 bits per heavy atom. The maximum atomic E-state index is 13.5. The van der Waals surface area contributed by atoms with Gasteiger partial charge in [-0.25, -0.2) is 15.0 Å². The monoisotopic (exact) mass is 560 g/mol. The molecule has 6 rings (SSSR count). The van der Waals surface area contributed by atoms with Gasteiger partial charge in [0.25, 0.3) is 5.91 Å². The van der Waals surface area contributed by atoms with E-state index >= 15 is 0 Å². The quantitative estimate of drug-likeness (QED) is 0.344. The molecule has 3 amide bonds. The Bertz CT molecular complexity index is 1560. The van der Waals surface area contributed by atoms with Crippen LogP contribution in [0.2, 0.25) is 0 Å². The number of hydrogen-bond donors (Lipinski definition) is 2. The smallest absolute Gasteiger partial charge is 0.269 e. The third-order valence-corrected chi connectivity index (χ3v) is 7.27. The molecule has 12 heteroatoms. The van der Waals surface area contributed by atoms with Crippen LogP contribution in [0.5, 0.6) is 0 Å². The molecule has 0 bridgehead atoms. The molecule has 0 spiro atoms. The third-order valence-electron chi connectivity index (χ3n) is 6.82. The van der Waals surface area contributed by atoms with Gasteiger partial charge in [-0.2, -0.15) is 5.10 Å². The number of benzene rings is 1. The largest absolute Gasteiger partial charge is 0.364 e. The molecule has 3 N–H and O–H groups in total. The molecule has 1 saturated heterocycles. The van der Waals surface area contributed by atoms with Crippen LogP contribution in [0.1, 0.15) is 23.3 Å². The van der Waals surface area contributed by atoms with Gasteiger partial charge in [0, 0.05) is 29.4 Å². The number of nitrogens with zero attached hydrogens (tertiary/aromatic N) is 6. The number of piperidine rings is 1. The molecule has 1 aliphatic carbocycles. The Morgan fingerprint density at radius 2 is 1.89 bits per heavy atom. The summed E-state index contributed by atoms with van der Waals surface area (Å²) in [5.74, 6) is -0.491. The van der Waals surface area contributed by atoms with Crippen molar-refractivity contribution in [3.8, 4) is 11.1 Å². The summed E-state index contributed by atoms with van der Waals surface area (Å²) in [6, 6.07) is 10.1. The number of likely N-dealkylation sites (tertiary alicyclic amines) is 1. The van der Waals surface area contributed by atoms with Gasteiger partial charge in [0.1, 0.15) is 29.3 Å². The van der Waals surface area contributed by atoms with E-state index in [4.69, 9.17) is 5.73 Å². The average molecular weight is 561 g/mol. The minimum absolute atomic E-state index is 0.0286. The number of nitrogens with two attached hydrogens (primary N) is 1. The van der Waals surface area contributed by atoms with E-state index in [2.05, 4.69) is 41.3 Å². The van der Waals surface area contributed by atoms with E-state index < -0.39 is 11.9 Å². The van der Waals surface area contributed by atoms with E-state index in [9.17, 15) is 14.4 Å². The lowest BCUT2D eigenvalue weighted by atomic mass is 10.1. The molecule has 4 heterocycles. The summed E-state index contributed by atoms with van der Waals surface area (Å²) in [5, 5.41) is 7.72. The number of rotatable bonds is 6. The van der Waals surface area contributed by atoms with Crippen molar-refractivity contribution in [2.24, 2.45) is 11.7 Å². The fourth-order valence-corrected chi connectivity index (χ4v) is 5.40. The zero-order valence-corrected chi connectivity index (χ0v) is 21.0. The summed E-state index contributed by atoms with van der Waals surface area (Å²) in [6.07, 6.45) is 6.25. The maximum Gasteiger partial charge on any atom is 0.269 e. The summed E-state index contributed by atoms with van der Waals surface area (Å²) in [7, 11) is 0. The second kappa shape index (κ2) is 9.04. The second-order valence-electron chi connectivity index (χ2n) is 9.18. The predicted molar refractivity (Wildman–Crippen MR) is 137 cm³/mol. The van der Waals surface area contributed by atoms with Gasteiger partial charge in [-0.05, 0) is 64.5 Å². The van der Waals surface area contributed by atoms with Crippen LogP contribution >= 0.6 is 15.9 Å². The lowest BCUT2D eigenvalue weighted by Gasteiger charge is -2.26. The van der Waals surface area contributed by atoms with Crippen LogP contribution in [0.25, 0.3) is 22.0 Å². The van der Waals surface area contributed by atoms with Crippen LogP contribution in [0.15, 0.2) is 59.7 Å². The van der Waals surface area contributed by atoms with Crippen LogP contribution in [-0.2, 0) is 16.1 Å². The first-order valence-electron chi connectivity index (χ1n) is 11.7. The van der Waals surface area contributed by atoms with Crippen molar-refractivity contribution < 1.29 is 14.4 Å². The van der Waals surface area contributed by atoms with Gasteiger partial charge >= 0.3 is 0 Å². The van der Waals surface area contributed by atoms with E-state index in [0.717, 1.165) is 17.5 Å². The third kappa shape index (κ3) is 4.33. The van der Waals surface area contributed by atoms with Gasteiger partial charge in [-0.3, -0.25) is 19.1 Å². The number of anilines is 1. The first-order chi connectivity index (χ1) is 17.9. The van der Waals surface area contributed by atoms with E-state index in [1.165, 1.54) is 11.0 Å². The Balaban J connectivity index is 1.27. The van der Waals surface area contributed by atoms with Crippen molar-refractivity contribution in [3.05, 3.63) is 65.4 Å². The molecule has 37 heavy (non-hydrogen) atoms.